The Morgan fingerprint density at radius 1 is 1.00 bits per heavy atom. The molecule has 0 bridgehead atoms. The summed E-state index contributed by atoms with van der Waals surface area (Å²) in [4.78, 5) is 36.9. The van der Waals surface area contributed by atoms with Gasteiger partial charge in [-0.05, 0) is 45.3 Å². The number of nitrogens with two attached hydrogens (primary N) is 2. The molecule has 0 aliphatic rings. The molecule has 7 N–H and O–H groups in total. The molecule has 0 saturated heterocycles. The fourth-order valence-electron chi connectivity index (χ4n) is 2.77. The molecule has 150 valence electrons. The molecule has 0 radical (unpaired) electrons. The minimum absolute atomic E-state index is 0.225. The van der Waals surface area contributed by atoms with Crippen molar-refractivity contribution in [2.24, 2.45) is 11.5 Å². The van der Waals surface area contributed by atoms with E-state index < -0.39 is 35.9 Å². The second-order valence-electron chi connectivity index (χ2n) is 6.52. The molecule has 2 amide bonds. The van der Waals surface area contributed by atoms with Crippen molar-refractivity contribution < 1.29 is 19.5 Å². The minimum Gasteiger partial charge on any atom is -0.391 e. The van der Waals surface area contributed by atoms with E-state index in [-0.39, 0.29) is 18.7 Å². The molecule has 0 aromatic heterocycles. The van der Waals surface area contributed by atoms with Crippen LogP contribution in [0.15, 0.2) is 30.3 Å². The first-order valence-electron chi connectivity index (χ1n) is 9.06. The van der Waals surface area contributed by atoms with Crippen LogP contribution in [0.3, 0.4) is 0 Å². The molecule has 1 aromatic carbocycles. The standard InChI is InChI=1S/C19H30N4O4/c1-12(24)16(9-11-21)22-19(27)17(13(2)25)23-18(26)15(8-10-20)14-6-4-3-5-7-14/h3-7,13,15-17,25H,8-11,20-21H2,1-2H3,(H,22,27)(H,23,26)/t13?,15?,16-,17-/m0/s1. The molecule has 4 atom stereocenters. The Morgan fingerprint density at radius 2 is 1.59 bits per heavy atom. The zero-order chi connectivity index (χ0) is 20.4. The van der Waals surface area contributed by atoms with E-state index in [2.05, 4.69) is 10.6 Å². The molecule has 27 heavy (non-hydrogen) atoms. The molecule has 1 rings (SSSR count). The van der Waals surface area contributed by atoms with Gasteiger partial charge < -0.3 is 27.2 Å². The zero-order valence-electron chi connectivity index (χ0n) is 15.9. The van der Waals surface area contributed by atoms with Gasteiger partial charge in [-0.3, -0.25) is 14.4 Å². The van der Waals surface area contributed by atoms with Crippen molar-refractivity contribution in [2.45, 2.75) is 50.8 Å². The lowest BCUT2D eigenvalue weighted by Crippen LogP contribution is -2.56. The highest BCUT2D eigenvalue weighted by molar-refractivity contribution is 5.93. The van der Waals surface area contributed by atoms with E-state index in [1.165, 1.54) is 13.8 Å². The van der Waals surface area contributed by atoms with E-state index in [1.807, 2.05) is 30.3 Å². The average Bonchev–Trinajstić information content (AvgIpc) is 2.63. The maximum Gasteiger partial charge on any atom is 0.245 e. The summed E-state index contributed by atoms with van der Waals surface area (Å²) in [5.41, 5.74) is 11.9. The molecule has 1 aromatic rings. The summed E-state index contributed by atoms with van der Waals surface area (Å²) in [6.45, 7) is 3.27. The van der Waals surface area contributed by atoms with Gasteiger partial charge in [-0.1, -0.05) is 30.3 Å². The molecule has 8 heteroatoms. The van der Waals surface area contributed by atoms with Gasteiger partial charge in [0.25, 0.3) is 0 Å². The maximum absolute atomic E-state index is 12.8. The van der Waals surface area contributed by atoms with Crippen molar-refractivity contribution in [3.8, 4) is 0 Å². The van der Waals surface area contributed by atoms with Crippen LogP contribution in [0.4, 0.5) is 0 Å². The zero-order valence-corrected chi connectivity index (χ0v) is 15.9. The third kappa shape index (κ3) is 7.09. The SMILES string of the molecule is CC(=O)[C@H](CCN)NC(=O)[C@@H](NC(=O)C(CCN)c1ccccc1)C(C)O. The number of amides is 2. The van der Waals surface area contributed by atoms with E-state index in [1.54, 1.807) is 0 Å². The number of hydrogen-bond acceptors (Lipinski definition) is 6. The number of aliphatic hydroxyl groups is 1. The first kappa shape index (κ1) is 22.8. The largest absolute Gasteiger partial charge is 0.391 e. The Hall–Kier alpha value is -2.29. The normalized spacial score (nSPS) is 15.3. The third-order valence-corrected chi connectivity index (χ3v) is 4.30. The highest BCUT2D eigenvalue weighted by Gasteiger charge is 2.31. The molecule has 8 nitrogen and oxygen atoms in total. The number of nitrogens with one attached hydrogen (secondary N) is 2. The number of Topliss-reactive ketones (excluding diaryl/α,β-unsaturated/α-hetero) is 1. The van der Waals surface area contributed by atoms with E-state index in [9.17, 15) is 19.5 Å². The van der Waals surface area contributed by atoms with Crippen molar-refractivity contribution >= 4 is 17.6 Å². The first-order valence-corrected chi connectivity index (χ1v) is 9.06. The summed E-state index contributed by atoms with van der Waals surface area (Å²) in [5.74, 6) is -1.83. The number of hydrogen-bond donors (Lipinski definition) is 5. The predicted molar refractivity (Wildman–Crippen MR) is 103 cm³/mol. The second kappa shape index (κ2) is 11.4. The molecule has 0 aliphatic heterocycles. The summed E-state index contributed by atoms with van der Waals surface area (Å²) >= 11 is 0. The van der Waals surface area contributed by atoms with Crippen LogP contribution in [0.2, 0.25) is 0 Å². The van der Waals surface area contributed by atoms with Crippen LogP contribution in [-0.4, -0.2) is 54.0 Å². The van der Waals surface area contributed by atoms with Crippen molar-refractivity contribution in [2.75, 3.05) is 13.1 Å². The summed E-state index contributed by atoms with van der Waals surface area (Å²) in [5, 5.41) is 15.1. The Bertz CT molecular complexity index is 621. The van der Waals surface area contributed by atoms with Crippen LogP contribution in [-0.2, 0) is 14.4 Å². The molecule has 0 aliphatic carbocycles. The lowest BCUT2D eigenvalue weighted by molar-refractivity contribution is -0.134. The van der Waals surface area contributed by atoms with E-state index in [0.29, 0.717) is 13.0 Å². The highest BCUT2D eigenvalue weighted by atomic mass is 16.3. The summed E-state index contributed by atoms with van der Waals surface area (Å²) in [7, 11) is 0. The number of aliphatic hydroxyl groups excluding tert-OH is 1. The smallest absolute Gasteiger partial charge is 0.245 e. The molecular weight excluding hydrogens is 348 g/mol. The van der Waals surface area contributed by atoms with E-state index >= 15 is 0 Å². The lowest BCUT2D eigenvalue weighted by atomic mass is 9.94. The first-order chi connectivity index (χ1) is 12.8. The summed E-state index contributed by atoms with van der Waals surface area (Å²) in [6, 6.07) is 7.14. The van der Waals surface area contributed by atoms with Gasteiger partial charge >= 0.3 is 0 Å². The van der Waals surface area contributed by atoms with Crippen molar-refractivity contribution in [3.63, 3.8) is 0 Å². The fourth-order valence-corrected chi connectivity index (χ4v) is 2.77. The minimum atomic E-state index is -1.19. The highest BCUT2D eigenvalue weighted by Crippen LogP contribution is 2.19. The Kier molecular flexibility index (Phi) is 9.63. The summed E-state index contributed by atoms with van der Waals surface area (Å²) in [6.07, 6.45) is -0.469. The predicted octanol–water partition coefficient (Wildman–Crippen LogP) is -0.593. The van der Waals surface area contributed by atoms with Gasteiger partial charge in [-0.15, -0.1) is 0 Å². The number of carbonyl (C=O) groups is 3. The van der Waals surface area contributed by atoms with Crippen LogP contribution < -0.4 is 22.1 Å². The van der Waals surface area contributed by atoms with Crippen LogP contribution in [0.1, 0.15) is 38.2 Å². The van der Waals surface area contributed by atoms with Gasteiger partial charge in [-0.2, -0.15) is 0 Å². The number of carbonyl (C=O) groups excluding carboxylic acids is 3. The molecule has 0 spiro atoms. The van der Waals surface area contributed by atoms with Crippen molar-refractivity contribution in [1.82, 2.24) is 10.6 Å². The van der Waals surface area contributed by atoms with Gasteiger partial charge in [0.05, 0.1) is 18.1 Å². The maximum atomic E-state index is 12.8. The van der Waals surface area contributed by atoms with Crippen LogP contribution in [0, 0.1) is 0 Å². The average molecular weight is 378 g/mol. The van der Waals surface area contributed by atoms with Gasteiger partial charge in [0.2, 0.25) is 11.8 Å². The van der Waals surface area contributed by atoms with Gasteiger partial charge in [0, 0.05) is 0 Å². The fraction of sp³-hybridized carbons (Fsp3) is 0.526. The van der Waals surface area contributed by atoms with Crippen LogP contribution in [0.5, 0.6) is 0 Å². The monoisotopic (exact) mass is 378 g/mol. The van der Waals surface area contributed by atoms with Gasteiger partial charge in [0.15, 0.2) is 5.78 Å². The topological polar surface area (TPSA) is 148 Å². The third-order valence-electron chi connectivity index (χ3n) is 4.30. The van der Waals surface area contributed by atoms with Gasteiger partial charge in [-0.25, -0.2) is 0 Å². The molecule has 0 fully saturated rings. The van der Waals surface area contributed by atoms with Crippen LogP contribution in [0.25, 0.3) is 0 Å². The number of rotatable bonds is 11. The van der Waals surface area contributed by atoms with Crippen molar-refractivity contribution in [1.29, 1.82) is 0 Å². The Labute approximate surface area is 159 Å². The Balaban J connectivity index is 2.92. The quantitative estimate of drug-likeness (QED) is 0.347. The second-order valence-corrected chi connectivity index (χ2v) is 6.52. The van der Waals surface area contributed by atoms with Crippen molar-refractivity contribution in [3.05, 3.63) is 35.9 Å². The molecule has 0 heterocycles. The molecular formula is C19H30N4O4. The Morgan fingerprint density at radius 3 is 2.07 bits per heavy atom. The number of ketones is 1. The number of benzene rings is 1. The molecule has 0 saturated carbocycles. The van der Waals surface area contributed by atoms with E-state index in [0.717, 1.165) is 5.56 Å². The lowest BCUT2D eigenvalue weighted by Gasteiger charge is -2.26. The van der Waals surface area contributed by atoms with Crippen LogP contribution >= 0.6 is 0 Å². The molecule has 2 unspecified atom stereocenters. The van der Waals surface area contributed by atoms with Gasteiger partial charge in [0.1, 0.15) is 6.04 Å². The van der Waals surface area contributed by atoms with E-state index in [4.69, 9.17) is 11.5 Å². The summed E-state index contributed by atoms with van der Waals surface area (Å²) < 4.78 is 0.